The molecule has 0 aromatic carbocycles. The van der Waals surface area contributed by atoms with Gasteiger partial charge in [-0.25, -0.2) is 0 Å². The minimum absolute atomic E-state index is 0.238. The second-order valence-electron chi connectivity index (χ2n) is 4.22. The van der Waals surface area contributed by atoms with Crippen LogP contribution < -0.4 is 26.5 Å². The van der Waals surface area contributed by atoms with Gasteiger partial charge in [0.2, 0.25) is 0 Å². The van der Waals surface area contributed by atoms with Crippen molar-refractivity contribution in [1.29, 1.82) is 0 Å². The SMILES string of the molecule is CCC(CCC[C@H]1CN1)[I-]C(CC)OC. The quantitative estimate of drug-likeness (QED) is 0.348. The maximum absolute atomic E-state index is 5.51. The first-order valence-corrected chi connectivity index (χ1v) is 8.67. The van der Waals surface area contributed by atoms with E-state index in [0.717, 1.165) is 9.97 Å². The van der Waals surface area contributed by atoms with E-state index in [2.05, 4.69) is 19.2 Å². The molecule has 1 rings (SSSR count). The summed E-state index contributed by atoms with van der Waals surface area (Å²) in [6.45, 7) is 5.85. The van der Waals surface area contributed by atoms with Crippen LogP contribution in [0.15, 0.2) is 0 Å². The molecule has 92 valence electrons. The third-order valence-corrected chi connectivity index (χ3v) is 7.61. The topological polar surface area (TPSA) is 31.2 Å². The Bertz CT molecular complexity index is 158. The molecule has 0 spiro atoms. The summed E-state index contributed by atoms with van der Waals surface area (Å²) in [5.41, 5.74) is 0. The van der Waals surface area contributed by atoms with Gasteiger partial charge in [0.05, 0.1) is 0 Å². The Hall–Kier alpha value is 0.650. The molecule has 0 amide bonds. The number of alkyl halides is 2. The van der Waals surface area contributed by atoms with Crippen LogP contribution in [0, 0.1) is 0 Å². The molecule has 0 saturated carbocycles. The third kappa shape index (κ3) is 6.07. The summed E-state index contributed by atoms with van der Waals surface area (Å²) in [6.07, 6.45) is 6.79. The van der Waals surface area contributed by atoms with Gasteiger partial charge < -0.3 is 0 Å². The van der Waals surface area contributed by atoms with Gasteiger partial charge in [0.25, 0.3) is 0 Å². The second kappa shape index (κ2) is 7.85. The summed E-state index contributed by atoms with van der Waals surface area (Å²) in [4.78, 5) is 0. The Balaban J connectivity index is 2.09. The van der Waals surface area contributed by atoms with Gasteiger partial charge in [0.1, 0.15) is 0 Å². The molecule has 0 radical (unpaired) electrons. The zero-order chi connectivity index (χ0) is 11.1. The average Bonchev–Trinajstić information content (AvgIpc) is 3.07. The van der Waals surface area contributed by atoms with Crippen LogP contribution in [-0.2, 0) is 4.74 Å². The van der Waals surface area contributed by atoms with Crippen LogP contribution in [0.2, 0.25) is 0 Å². The number of rotatable bonds is 9. The molecule has 0 aromatic rings. The summed E-state index contributed by atoms with van der Waals surface area (Å²) in [7, 11) is 1.87. The molecule has 1 aliphatic rings. The van der Waals surface area contributed by atoms with Gasteiger partial charge in [-0.05, 0) is 0 Å². The summed E-state index contributed by atoms with van der Waals surface area (Å²) < 4.78 is 7.08. The number of methoxy groups -OCH3 is 1. The molecule has 0 aromatic heterocycles. The standard InChI is InChI=1S/C12H25INO/c1-4-10(13-12(5-2)15-3)7-6-8-11-9-14-11/h10-12,14H,4-9H2,1-3H3/q-1/t10?,11-,12?/m0/s1. The summed E-state index contributed by atoms with van der Waals surface area (Å²) in [6, 6.07) is 0.866. The zero-order valence-corrected chi connectivity index (χ0v) is 12.4. The molecular formula is C12H25INO-. The van der Waals surface area contributed by atoms with Gasteiger partial charge in [0, 0.05) is 0 Å². The molecule has 1 saturated heterocycles. The van der Waals surface area contributed by atoms with Crippen molar-refractivity contribution in [2.45, 2.75) is 60.0 Å². The summed E-state index contributed by atoms with van der Waals surface area (Å²) in [5, 5.41) is 3.37. The fourth-order valence-corrected chi connectivity index (χ4v) is 4.98. The van der Waals surface area contributed by atoms with Crippen LogP contribution in [0.3, 0.4) is 0 Å². The average molecular weight is 326 g/mol. The number of hydrogen-bond donors (Lipinski definition) is 1. The van der Waals surface area contributed by atoms with E-state index < -0.39 is 0 Å². The molecule has 2 nitrogen and oxygen atoms in total. The Morgan fingerprint density at radius 1 is 1.40 bits per heavy atom. The van der Waals surface area contributed by atoms with E-state index >= 15 is 0 Å². The molecule has 2 unspecified atom stereocenters. The Kier molecular flexibility index (Phi) is 7.17. The monoisotopic (exact) mass is 326 g/mol. The van der Waals surface area contributed by atoms with E-state index in [9.17, 15) is 0 Å². The van der Waals surface area contributed by atoms with Crippen molar-refractivity contribution >= 4 is 0 Å². The normalized spacial score (nSPS) is 24.1. The van der Waals surface area contributed by atoms with E-state index in [-0.39, 0.29) is 21.2 Å². The van der Waals surface area contributed by atoms with Crippen molar-refractivity contribution in [1.82, 2.24) is 5.32 Å². The molecule has 0 bridgehead atoms. The van der Waals surface area contributed by atoms with Crippen molar-refractivity contribution < 1.29 is 25.9 Å². The molecule has 3 heteroatoms. The molecule has 0 aliphatic carbocycles. The number of ether oxygens (including phenoxy) is 1. The van der Waals surface area contributed by atoms with Gasteiger partial charge in [-0.15, -0.1) is 0 Å². The van der Waals surface area contributed by atoms with Crippen molar-refractivity contribution in [3.8, 4) is 0 Å². The van der Waals surface area contributed by atoms with Gasteiger partial charge >= 0.3 is 105 Å². The predicted molar refractivity (Wildman–Crippen MR) is 60.8 cm³/mol. The van der Waals surface area contributed by atoms with Crippen LogP contribution in [0.4, 0.5) is 0 Å². The van der Waals surface area contributed by atoms with Gasteiger partial charge in [-0.1, -0.05) is 0 Å². The molecular weight excluding hydrogens is 301 g/mol. The fraction of sp³-hybridized carbons (Fsp3) is 1.00. The maximum atomic E-state index is 5.51. The van der Waals surface area contributed by atoms with Crippen LogP contribution >= 0.6 is 0 Å². The van der Waals surface area contributed by atoms with Crippen LogP contribution in [0.25, 0.3) is 0 Å². The molecule has 1 fully saturated rings. The van der Waals surface area contributed by atoms with Gasteiger partial charge in [-0.3, -0.25) is 0 Å². The van der Waals surface area contributed by atoms with E-state index in [1.165, 1.54) is 38.6 Å². The first kappa shape index (κ1) is 13.7. The van der Waals surface area contributed by atoms with Crippen molar-refractivity contribution in [2.24, 2.45) is 0 Å². The zero-order valence-electron chi connectivity index (χ0n) is 10.3. The van der Waals surface area contributed by atoms with Crippen molar-refractivity contribution in [3.05, 3.63) is 0 Å². The Morgan fingerprint density at radius 2 is 2.13 bits per heavy atom. The van der Waals surface area contributed by atoms with Crippen LogP contribution in [0.5, 0.6) is 0 Å². The van der Waals surface area contributed by atoms with Crippen LogP contribution in [-0.4, -0.2) is 27.7 Å². The van der Waals surface area contributed by atoms with E-state index in [1.807, 2.05) is 7.11 Å². The fourth-order valence-electron chi connectivity index (χ4n) is 1.74. The first-order chi connectivity index (χ1) is 7.30. The molecule has 1 aliphatic heterocycles. The van der Waals surface area contributed by atoms with Gasteiger partial charge in [-0.2, -0.15) is 0 Å². The number of halogens is 1. The van der Waals surface area contributed by atoms with Crippen molar-refractivity contribution in [3.63, 3.8) is 0 Å². The van der Waals surface area contributed by atoms with E-state index in [4.69, 9.17) is 4.74 Å². The third-order valence-electron chi connectivity index (χ3n) is 2.90. The molecule has 15 heavy (non-hydrogen) atoms. The Morgan fingerprint density at radius 3 is 2.60 bits per heavy atom. The predicted octanol–water partition coefficient (Wildman–Crippen LogP) is -0.621. The van der Waals surface area contributed by atoms with Crippen LogP contribution in [0.1, 0.15) is 46.0 Å². The van der Waals surface area contributed by atoms with E-state index in [0.29, 0.717) is 4.11 Å². The second-order valence-corrected chi connectivity index (χ2v) is 8.09. The number of nitrogens with one attached hydrogen (secondary N) is 1. The number of hydrogen-bond acceptors (Lipinski definition) is 2. The Labute approximate surface area is 105 Å². The van der Waals surface area contributed by atoms with Gasteiger partial charge in [0.15, 0.2) is 0 Å². The summed E-state index contributed by atoms with van der Waals surface area (Å²) >= 11 is 0.238. The molecule has 3 atom stereocenters. The molecule has 1 heterocycles. The summed E-state index contributed by atoms with van der Waals surface area (Å²) in [5.74, 6) is 0. The van der Waals surface area contributed by atoms with Crippen molar-refractivity contribution in [2.75, 3.05) is 13.7 Å². The van der Waals surface area contributed by atoms with E-state index in [1.54, 1.807) is 0 Å². The molecule has 1 N–H and O–H groups in total. The first-order valence-electron chi connectivity index (χ1n) is 6.18. The minimum atomic E-state index is 0.238.